The number of carbonyl (C=O) groups excluding carboxylic acids is 1. The van der Waals surface area contributed by atoms with Crippen molar-refractivity contribution in [3.63, 3.8) is 0 Å². The Morgan fingerprint density at radius 1 is 1.15 bits per heavy atom. The normalized spacial score (nSPS) is 14.4. The highest BCUT2D eigenvalue weighted by molar-refractivity contribution is 5.92. The van der Waals surface area contributed by atoms with Crippen molar-refractivity contribution < 1.29 is 14.7 Å². The fourth-order valence-corrected chi connectivity index (χ4v) is 4.87. The number of aryl methyl sites for hydroxylation is 2. The van der Waals surface area contributed by atoms with Gasteiger partial charge in [-0.25, -0.2) is 9.59 Å². The number of fused-ring (bicyclic) bond motifs is 1. The number of aromatic nitrogens is 2. The maximum absolute atomic E-state index is 13.4. The Labute approximate surface area is 192 Å². The number of imidazole rings is 1. The van der Waals surface area contributed by atoms with Crippen LogP contribution in [-0.2, 0) is 11.2 Å². The fraction of sp³-hybridized carbons (Fsp3) is 0.346. The van der Waals surface area contributed by atoms with Gasteiger partial charge in [0.1, 0.15) is 0 Å². The highest BCUT2D eigenvalue weighted by Crippen LogP contribution is 2.30. The highest BCUT2D eigenvalue weighted by atomic mass is 16.4. The van der Waals surface area contributed by atoms with Crippen LogP contribution in [0.4, 0.5) is 0 Å². The minimum absolute atomic E-state index is 0.0282. The number of nitrogens with one attached hydrogen (secondary N) is 1. The van der Waals surface area contributed by atoms with Gasteiger partial charge in [0, 0.05) is 30.6 Å². The number of H-pyrrole nitrogens is 1. The van der Waals surface area contributed by atoms with Crippen molar-refractivity contribution in [1.82, 2.24) is 14.5 Å². The molecule has 0 spiro atoms. The summed E-state index contributed by atoms with van der Waals surface area (Å²) >= 11 is 0. The van der Waals surface area contributed by atoms with Gasteiger partial charge in [-0.3, -0.25) is 9.36 Å². The first-order chi connectivity index (χ1) is 15.6. The van der Waals surface area contributed by atoms with E-state index in [1.54, 1.807) is 16.4 Å². The molecule has 1 aliphatic heterocycles. The summed E-state index contributed by atoms with van der Waals surface area (Å²) in [4.78, 5) is 42.4. The number of hydrogen-bond acceptors (Lipinski definition) is 3. The Morgan fingerprint density at radius 2 is 1.88 bits per heavy atom. The van der Waals surface area contributed by atoms with E-state index in [0.29, 0.717) is 37.1 Å². The van der Waals surface area contributed by atoms with Gasteiger partial charge in [0.25, 0.3) is 0 Å². The molecule has 3 aromatic rings. The van der Waals surface area contributed by atoms with Crippen molar-refractivity contribution >= 4 is 28.6 Å². The number of rotatable bonds is 5. The summed E-state index contributed by atoms with van der Waals surface area (Å²) in [5.74, 6) is -1.000. The zero-order chi connectivity index (χ0) is 23.9. The van der Waals surface area contributed by atoms with Crippen LogP contribution in [0, 0.1) is 19.3 Å². The smallest absolute Gasteiger partial charge is 0.336 e. The van der Waals surface area contributed by atoms with Crippen LogP contribution in [0.5, 0.6) is 0 Å². The van der Waals surface area contributed by atoms with Gasteiger partial charge in [0.05, 0.1) is 16.6 Å². The van der Waals surface area contributed by atoms with E-state index in [4.69, 9.17) is 0 Å². The van der Waals surface area contributed by atoms with Crippen LogP contribution in [0.25, 0.3) is 16.7 Å². The molecular formula is C26H29N3O4. The first-order valence-electron chi connectivity index (χ1n) is 11.1. The van der Waals surface area contributed by atoms with Gasteiger partial charge in [-0.05, 0) is 49.6 Å². The average Bonchev–Trinajstić information content (AvgIpc) is 3.07. The number of aromatic amines is 1. The Hall–Kier alpha value is -3.61. The van der Waals surface area contributed by atoms with Gasteiger partial charge < -0.3 is 15.0 Å². The first kappa shape index (κ1) is 22.6. The topological polar surface area (TPSA) is 95.4 Å². The lowest BCUT2D eigenvalue weighted by atomic mass is 9.81. The summed E-state index contributed by atoms with van der Waals surface area (Å²) in [6.07, 6.45) is 2.83. The van der Waals surface area contributed by atoms with E-state index < -0.39 is 11.4 Å². The van der Waals surface area contributed by atoms with Crippen LogP contribution >= 0.6 is 0 Å². The van der Waals surface area contributed by atoms with E-state index in [2.05, 4.69) is 4.98 Å². The summed E-state index contributed by atoms with van der Waals surface area (Å²) in [5.41, 5.74) is 4.17. The molecule has 7 heteroatoms. The summed E-state index contributed by atoms with van der Waals surface area (Å²) < 4.78 is 1.68. The van der Waals surface area contributed by atoms with Crippen LogP contribution in [0.1, 0.15) is 47.3 Å². The molecule has 1 amide bonds. The molecule has 2 N–H and O–H groups in total. The van der Waals surface area contributed by atoms with E-state index >= 15 is 0 Å². The number of aromatic carboxylic acids is 1. The summed E-state index contributed by atoms with van der Waals surface area (Å²) in [6, 6.07) is 11.3. The van der Waals surface area contributed by atoms with Gasteiger partial charge in [-0.2, -0.15) is 0 Å². The molecule has 7 nitrogen and oxygen atoms in total. The highest BCUT2D eigenvalue weighted by Gasteiger charge is 2.34. The number of benzene rings is 2. The quantitative estimate of drug-likeness (QED) is 0.618. The summed E-state index contributed by atoms with van der Waals surface area (Å²) in [6.45, 7) is 8.35. The lowest BCUT2D eigenvalue weighted by molar-refractivity contribution is -0.139. The van der Waals surface area contributed by atoms with E-state index in [9.17, 15) is 19.5 Å². The fourth-order valence-electron chi connectivity index (χ4n) is 4.87. The standard InChI is InChI=1S/C26H29N3O4/c1-16-13-17(2)22(23(30)31)18(14-16)15-26(3,4)24(32)28-11-9-19(10-12-28)29-21-8-6-5-7-20(21)27-25(29)33/h5-9,13-14H,10-12,15H2,1-4H3,(H,27,33)(H,30,31). The van der Waals surface area contributed by atoms with Crippen LogP contribution in [-0.4, -0.2) is 44.5 Å². The molecular weight excluding hydrogens is 418 g/mol. The molecule has 0 saturated heterocycles. The number of carboxylic acids is 1. The third-order valence-electron chi connectivity index (χ3n) is 6.34. The molecule has 1 aliphatic rings. The predicted octanol–water partition coefficient (Wildman–Crippen LogP) is 3.99. The minimum atomic E-state index is -0.972. The minimum Gasteiger partial charge on any atom is -0.478 e. The van der Waals surface area contributed by atoms with Crippen molar-refractivity contribution in [2.24, 2.45) is 5.41 Å². The molecule has 2 aromatic carbocycles. The molecule has 2 heterocycles. The summed E-state index contributed by atoms with van der Waals surface area (Å²) in [7, 11) is 0. The lowest BCUT2D eigenvalue weighted by Crippen LogP contribution is -2.44. The molecule has 172 valence electrons. The SMILES string of the molecule is Cc1cc(C)c(C(=O)O)c(CC(C)(C)C(=O)N2CC=C(n3c(=O)[nH]c4ccccc43)CC2)c1. The molecule has 0 fully saturated rings. The maximum Gasteiger partial charge on any atom is 0.336 e. The van der Waals surface area contributed by atoms with Crippen LogP contribution in [0.3, 0.4) is 0 Å². The van der Waals surface area contributed by atoms with Gasteiger partial charge in [0.15, 0.2) is 0 Å². The lowest BCUT2D eigenvalue weighted by Gasteiger charge is -2.34. The largest absolute Gasteiger partial charge is 0.478 e. The third-order valence-corrected chi connectivity index (χ3v) is 6.34. The summed E-state index contributed by atoms with van der Waals surface area (Å²) in [5, 5.41) is 9.71. The van der Waals surface area contributed by atoms with Crippen molar-refractivity contribution in [3.05, 3.63) is 75.2 Å². The second-order valence-electron chi connectivity index (χ2n) is 9.46. The van der Waals surface area contributed by atoms with E-state index in [1.165, 1.54) is 0 Å². The van der Waals surface area contributed by atoms with E-state index in [-0.39, 0.29) is 17.2 Å². The molecule has 1 aromatic heterocycles. The molecule has 0 radical (unpaired) electrons. The number of carbonyl (C=O) groups is 2. The van der Waals surface area contributed by atoms with Gasteiger partial charge in [-0.1, -0.05) is 43.7 Å². The van der Waals surface area contributed by atoms with Crippen molar-refractivity contribution in [1.29, 1.82) is 0 Å². The zero-order valence-corrected chi connectivity index (χ0v) is 19.4. The molecule has 0 aliphatic carbocycles. The van der Waals surface area contributed by atoms with Crippen molar-refractivity contribution in [2.45, 2.75) is 40.5 Å². The Morgan fingerprint density at radius 3 is 2.55 bits per heavy atom. The molecule has 33 heavy (non-hydrogen) atoms. The monoisotopic (exact) mass is 447 g/mol. The zero-order valence-electron chi connectivity index (χ0n) is 19.4. The Kier molecular flexibility index (Phi) is 5.74. The second kappa shape index (κ2) is 8.39. The molecule has 0 unspecified atom stereocenters. The number of nitrogens with zero attached hydrogens (tertiary/aromatic N) is 2. The number of amides is 1. The van der Waals surface area contributed by atoms with Crippen LogP contribution in [0.15, 0.2) is 47.3 Å². The number of carboxylic acid groups (broad SMARTS) is 1. The predicted molar refractivity (Wildman–Crippen MR) is 128 cm³/mol. The number of para-hydroxylation sites is 2. The van der Waals surface area contributed by atoms with Gasteiger partial charge in [0.2, 0.25) is 5.91 Å². The van der Waals surface area contributed by atoms with Crippen molar-refractivity contribution in [2.75, 3.05) is 13.1 Å². The molecule has 0 saturated carbocycles. The average molecular weight is 448 g/mol. The van der Waals surface area contributed by atoms with E-state index in [1.807, 2.05) is 63.2 Å². The molecule has 4 rings (SSSR count). The van der Waals surface area contributed by atoms with Crippen LogP contribution in [0.2, 0.25) is 0 Å². The maximum atomic E-state index is 13.4. The van der Waals surface area contributed by atoms with Gasteiger partial charge in [-0.15, -0.1) is 0 Å². The third kappa shape index (κ3) is 4.23. The van der Waals surface area contributed by atoms with Gasteiger partial charge >= 0.3 is 11.7 Å². The Balaban J connectivity index is 1.56. The number of hydrogen-bond donors (Lipinski definition) is 2. The van der Waals surface area contributed by atoms with Crippen molar-refractivity contribution in [3.8, 4) is 0 Å². The molecule has 0 atom stereocenters. The second-order valence-corrected chi connectivity index (χ2v) is 9.46. The van der Waals surface area contributed by atoms with E-state index in [0.717, 1.165) is 22.3 Å². The van der Waals surface area contributed by atoms with Crippen LogP contribution < -0.4 is 5.69 Å². The first-order valence-corrected chi connectivity index (χ1v) is 11.1. The molecule has 0 bridgehead atoms. The Bertz CT molecular complexity index is 1340.